The maximum atomic E-state index is 10.8. The molecule has 1 N–H and O–H groups in total. The van der Waals surface area contributed by atoms with Gasteiger partial charge in [-0.05, 0) is 19.0 Å². The summed E-state index contributed by atoms with van der Waals surface area (Å²) >= 11 is 5.90. The Balaban J connectivity index is 2.26. The molecule has 1 atom stereocenters. The van der Waals surface area contributed by atoms with Gasteiger partial charge in [-0.15, -0.1) is 0 Å². The number of benzene rings is 1. The van der Waals surface area contributed by atoms with E-state index in [4.69, 9.17) is 16.3 Å². The van der Waals surface area contributed by atoms with E-state index in [2.05, 4.69) is 5.32 Å². The van der Waals surface area contributed by atoms with Gasteiger partial charge in [-0.3, -0.25) is 10.1 Å². The van der Waals surface area contributed by atoms with Crippen molar-refractivity contribution in [1.82, 2.24) is 5.32 Å². The molecule has 1 fully saturated rings. The third-order valence-electron chi connectivity index (χ3n) is 2.44. The quantitative estimate of drug-likeness (QED) is 0.650. The Hall–Kier alpha value is -1.33. The Bertz CT molecular complexity index is 405. The van der Waals surface area contributed by atoms with E-state index >= 15 is 0 Å². The van der Waals surface area contributed by atoms with Gasteiger partial charge in [-0.1, -0.05) is 17.7 Å². The molecule has 86 valence electrons. The lowest BCUT2D eigenvalue weighted by molar-refractivity contribution is -0.386. The highest BCUT2D eigenvalue weighted by molar-refractivity contribution is 6.32. The minimum Gasteiger partial charge on any atom is -0.481 e. The fourth-order valence-electron chi connectivity index (χ4n) is 1.65. The molecule has 16 heavy (non-hydrogen) atoms. The third-order valence-corrected chi connectivity index (χ3v) is 2.74. The number of hydrogen-bond acceptors (Lipinski definition) is 4. The molecule has 2 rings (SSSR count). The highest BCUT2D eigenvalue weighted by Crippen LogP contribution is 2.35. The van der Waals surface area contributed by atoms with Gasteiger partial charge in [0.25, 0.3) is 0 Å². The SMILES string of the molecule is O=[N+]([O-])c1cccc(Cl)c1O[C@H]1CCNC1. The van der Waals surface area contributed by atoms with Crippen LogP contribution in [0.25, 0.3) is 0 Å². The van der Waals surface area contributed by atoms with Gasteiger partial charge >= 0.3 is 5.69 Å². The van der Waals surface area contributed by atoms with Crippen molar-refractivity contribution in [3.8, 4) is 5.75 Å². The van der Waals surface area contributed by atoms with Crippen molar-refractivity contribution in [2.24, 2.45) is 0 Å². The molecular formula is C10H11ClN2O3. The number of nitro benzene ring substituents is 1. The van der Waals surface area contributed by atoms with Gasteiger partial charge in [0.1, 0.15) is 6.10 Å². The van der Waals surface area contributed by atoms with E-state index in [-0.39, 0.29) is 22.6 Å². The second-order valence-electron chi connectivity index (χ2n) is 3.58. The van der Waals surface area contributed by atoms with Crippen molar-refractivity contribution < 1.29 is 9.66 Å². The average molecular weight is 243 g/mol. The zero-order chi connectivity index (χ0) is 11.5. The van der Waals surface area contributed by atoms with Crippen molar-refractivity contribution in [3.05, 3.63) is 33.3 Å². The molecule has 0 spiro atoms. The first-order chi connectivity index (χ1) is 7.68. The number of hydrogen-bond donors (Lipinski definition) is 1. The smallest absolute Gasteiger partial charge is 0.312 e. The van der Waals surface area contributed by atoms with Crippen LogP contribution in [0.3, 0.4) is 0 Å². The Morgan fingerprint density at radius 2 is 2.38 bits per heavy atom. The minimum absolute atomic E-state index is 0.0430. The van der Waals surface area contributed by atoms with E-state index in [9.17, 15) is 10.1 Å². The van der Waals surface area contributed by atoms with Crippen LogP contribution < -0.4 is 10.1 Å². The number of rotatable bonds is 3. The molecule has 0 aliphatic carbocycles. The van der Waals surface area contributed by atoms with Gasteiger partial charge in [0.2, 0.25) is 5.75 Å². The molecule has 5 nitrogen and oxygen atoms in total. The number of para-hydroxylation sites is 1. The molecule has 1 aromatic carbocycles. The van der Waals surface area contributed by atoms with Crippen LogP contribution in [0.15, 0.2) is 18.2 Å². The molecule has 1 aromatic rings. The number of nitrogens with zero attached hydrogens (tertiary/aromatic N) is 1. The normalized spacial score (nSPS) is 19.7. The summed E-state index contributed by atoms with van der Waals surface area (Å²) in [7, 11) is 0. The number of nitrogens with one attached hydrogen (secondary N) is 1. The number of ether oxygens (including phenoxy) is 1. The summed E-state index contributed by atoms with van der Waals surface area (Å²) in [5.74, 6) is 0.169. The first kappa shape index (κ1) is 11.2. The minimum atomic E-state index is -0.483. The fourth-order valence-corrected chi connectivity index (χ4v) is 1.87. The summed E-state index contributed by atoms with van der Waals surface area (Å²) in [5.41, 5.74) is -0.0839. The lowest BCUT2D eigenvalue weighted by Crippen LogP contribution is -2.20. The van der Waals surface area contributed by atoms with Crippen LogP contribution in [0.1, 0.15) is 6.42 Å². The lowest BCUT2D eigenvalue weighted by atomic mass is 10.2. The molecule has 1 aliphatic heterocycles. The predicted molar refractivity (Wildman–Crippen MR) is 60.0 cm³/mol. The molecule has 0 radical (unpaired) electrons. The number of nitro groups is 1. The molecule has 0 unspecified atom stereocenters. The van der Waals surface area contributed by atoms with Crippen LogP contribution in [0.5, 0.6) is 5.75 Å². The van der Waals surface area contributed by atoms with Crippen molar-refractivity contribution >= 4 is 17.3 Å². The highest BCUT2D eigenvalue weighted by atomic mass is 35.5. The van der Waals surface area contributed by atoms with Crippen LogP contribution in [0, 0.1) is 10.1 Å². The van der Waals surface area contributed by atoms with E-state index in [0.717, 1.165) is 13.0 Å². The van der Waals surface area contributed by atoms with E-state index in [0.29, 0.717) is 6.54 Å². The first-order valence-electron chi connectivity index (χ1n) is 4.99. The Labute approximate surface area is 97.5 Å². The van der Waals surface area contributed by atoms with E-state index in [1.54, 1.807) is 12.1 Å². The van der Waals surface area contributed by atoms with Gasteiger partial charge in [-0.2, -0.15) is 0 Å². The summed E-state index contributed by atoms with van der Waals surface area (Å²) in [6, 6.07) is 4.52. The van der Waals surface area contributed by atoms with Gasteiger partial charge in [-0.25, -0.2) is 0 Å². The van der Waals surface area contributed by atoms with E-state index in [1.807, 2.05) is 0 Å². The van der Waals surface area contributed by atoms with Crippen LogP contribution in [-0.4, -0.2) is 24.1 Å². The van der Waals surface area contributed by atoms with Gasteiger partial charge in [0.05, 0.1) is 9.95 Å². The zero-order valence-corrected chi connectivity index (χ0v) is 9.24. The van der Waals surface area contributed by atoms with Crippen LogP contribution in [-0.2, 0) is 0 Å². The van der Waals surface area contributed by atoms with Crippen molar-refractivity contribution in [3.63, 3.8) is 0 Å². The Morgan fingerprint density at radius 3 is 3.00 bits per heavy atom. The molecule has 1 aliphatic rings. The van der Waals surface area contributed by atoms with Crippen molar-refractivity contribution in [2.75, 3.05) is 13.1 Å². The van der Waals surface area contributed by atoms with Crippen molar-refractivity contribution in [2.45, 2.75) is 12.5 Å². The first-order valence-corrected chi connectivity index (χ1v) is 5.36. The topological polar surface area (TPSA) is 64.4 Å². The average Bonchev–Trinajstić information content (AvgIpc) is 2.73. The van der Waals surface area contributed by atoms with Gasteiger partial charge in [0.15, 0.2) is 0 Å². The maximum Gasteiger partial charge on any atom is 0.312 e. The maximum absolute atomic E-state index is 10.8. The fraction of sp³-hybridized carbons (Fsp3) is 0.400. The molecule has 6 heteroatoms. The summed E-state index contributed by atoms with van der Waals surface area (Å²) in [6.45, 7) is 1.56. The summed E-state index contributed by atoms with van der Waals surface area (Å²) in [4.78, 5) is 10.3. The van der Waals surface area contributed by atoms with Crippen LogP contribution >= 0.6 is 11.6 Å². The molecular weight excluding hydrogens is 232 g/mol. The monoisotopic (exact) mass is 242 g/mol. The van der Waals surface area contributed by atoms with E-state index in [1.165, 1.54) is 6.07 Å². The molecule has 0 aromatic heterocycles. The van der Waals surface area contributed by atoms with Gasteiger partial charge in [0, 0.05) is 12.6 Å². The zero-order valence-electron chi connectivity index (χ0n) is 8.48. The standard InChI is InChI=1S/C10H11ClN2O3/c11-8-2-1-3-9(13(14)15)10(8)16-7-4-5-12-6-7/h1-3,7,12H,4-6H2/t7-/m0/s1. The van der Waals surface area contributed by atoms with Gasteiger partial charge < -0.3 is 10.1 Å². The Kier molecular flexibility index (Phi) is 3.26. The highest BCUT2D eigenvalue weighted by Gasteiger charge is 2.23. The molecule has 1 saturated heterocycles. The summed E-state index contributed by atoms with van der Waals surface area (Å²) < 4.78 is 5.56. The molecule has 0 amide bonds. The van der Waals surface area contributed by atoms with Crippen LogP contribution in [0.4, 0.5) is 5.69 Å². The third kappa shape index (κ3) is 2.25. The number of halogens is 1. The second kappa shape index (κ2) is 4.67. The van der Waals surface area contributed by atoms with E-state index < -0.39 is 4.92 Å². The second-order valence-corrected chi connectivity index (χ2v) is 3.99. The molecule has 1 heterocycles. The largest absolute Gasteiger partial charge is 0.481 e. The van der Waals surface area contributed by atoms with Crippen molar-refractivity contribution in [1.29, 1.82) is 0 Å². The summed E-state index contributed by atoms with van der Waals surface area (Å²) in [6.07, 6.45) is 0.793. The summed E-state index contributed by atoms with van der Waals surface area (Å²) in [5, 5.41) is 14.2. The lowest BCUT2D eigenvalue weighted by Gasteiger charge is -2.13. The Morgan fingerprint density at radius 1 is 1.56 bits per heavy atom. The predicted octanol–water partition coefficient (Wildman–Crippen LogP) is 1.99. The molecule has 0 bridgehead atoms. The molecule has 0 saturated carbocycles. The van der Waals surface area contributed by atoms with Crippen LogP contribution in [0.2, 0.25) is 5.02 Å².